The fourth-order valence-electron chi connectivity index (χ4n) is 1.93. The lowest BCUT2D eigenvalue weighted by Crippen LogP contribution is -2.35. The number of carbonyl (C=O) groups excluding carboxylic acids is 1. The summed E-state index contributed by atoms with van der Waals surface area (Å²) in [6.45, 7) is 5.54. The molecule has 4 heteroatoms. The number of nitrogens with zero attached hydrogens (tertiary/aromatic N) is 1. The normalized spacial score (nSPS) is 15.7. The number of amides is 1. The SMILES string of the molecule is CC(C)(C)OC(=O)N(O)CCC=C=C1CCCCC1. The third-order valence-electron chi connectivity index (χ3n) is 2.85. The van der Waals surface area contributed by atoms with Crippen molar-refractivity contribution in [3.63, 3.8) is 0 Å². The van der Waals surface area contributed by atoms with E-state index in [-0.39, 0.29) is 6.54 Å². The summed E-state index contributed by atoms with van der Waals surface area (Å²) in [5, 5.41) is 10.1. The molecule has 108 valence electrons. The van der Waals surface area contributed by atoms with Crippen molar-refractivity contribution in [2.24, 2.45) is 0 Å². The van der Waals surface area contributed by atoms with E-state index in [0.717, 1.165) is 12.8 Å². The van der Waals surface area contributed by atoms with Crippen molar-refractivity contribution < 1.29 is 14.7 Å². The summed E-state index contributed by atoms with van der Waals surface area (Å²) in [5.41, 5.74) is 4.04. The Morgan fingerprint density at radius 1 is 1.37 bits per heavy atom. The predicted molar refractivity (Wildman–Crippen MR) is 74.0 cm³/mol. The maximum atomic E-state index is 11.5. The molecular formula is C15H25NO3. The molecule has 1 saturated carbocycles. The first-order valence-electron chi connectivity index (χ1n) is 7.01. The van der Waals surface area contributed by atoms with Crippen LogP contribution in [0.5, 0.6) is 0 Å². The molecule has 0 heterocycles. The van der Waals surface area contributed by atoms with Crippen LogP contribution in [0.15, 0.2) is 17.4 Å². The Hall–Kier alpha value is -1.25. The molecule has 0 spiro atoms. The van der Waals surface area contributed by atoms with Crippen LogP contribution in [0.3, 0.4) is 0 Å². The number of carbonyl (C=O) groups is 1. The molecule has 0 bridgehead atoms. The topological polar surface area (TPSA) is 49.8 Å². The Balaban J connectivity index is 2.31. The quantitative estimate of drug-likeness (QED) is 0.477. The van der Waals surface area contributed by atoms with Crippen LogP contribution in [0.25, 0.3) is 0 Å². The Bertz CT molecular complexity index is 354. The Kier molecular flexibility index (Phi) is 6.13. The average Bonchev–Trinajstić information content (AvgIpc) is 2.33. The number of hydrogen-bond acceptors (Lipinski definition) is 3. The van der Waals surface area contributed by atoms with Gasteiger partial charge in [0.25, 0.3) is 0 Å². The van der Waals surface area contributed by atoms with E-state index in [4.69, 9.17) is 4.74 Å². The molecule has 0 saturated heterocycles. The minimum absolute atomic E-state index is 0.231. The van der Waals surface area contributed by atoms with E-state index >= 15 is 0 Å². The van der Waals surface area contributed by atoms with Crippen LogP contribution < -0.4 is 0 Å². The first kappa shape index (κ1) is 15.8. The van der Waals surface area contributed by atoms with Crippen LogP contribution in [0.1, 0.15) is 59.3 Å². The zero-order chi connectivity index (χ0) is 14.3. The zero-order valence-corrected chi connectivity index (χ0v) is 12.2. The highest BCUT2D eigenvalue weighted by atomic mass is 16.6. The third-order valence-corrected chi connectivity index (χ3v) is 2.85. The maximum absolute atomic E-state index is 11.5. The molecule has 1 fully saturated rings. The fourth-order valence-corrected chi connectivity index (χ4v) is 1.93. The van der Waals surface area contributed by atoms with E-state index < -0.39 is 11.7 Å². The molecule has 0 unspecified atom stereocenters. The number of rotatable bonds is 3. The second-order valence-electron chi connectivity index (χ2n) is 5.90. The van der Waals surface area contributed by atoms with E-state index in [1.165, 1.54) is 24.8 Å². The Labute approximate surface area is 115 Å². The summed E-state index contributed by atoms with van der Waals surface area (Å²) in [4.78, 5) is 11.5. The van der Waals surface area contributed by atoms with Gasteiger partial charge in [0.05, 0.1) is 6.54 Å². The lowest BCUT2D eigenvalue weighted by atomic mass is 9.96. The molecule has 0 atom stereocenters. The van der Waals surface area contributed by atoms with Crippen LogP contribution in [-0.4, -0.2) is 28.5 Å². The van der Waals surface area contributed by atoms with Crippen LogP contribution in [0.2, 0.25) is 0 Å². The van der Waals surface area contributed by atoms with Crippen molar-refractivity contribution >= 4 is 6.09 Å². The van der Waals surface area contributed by atoms with E-state index in [2.05, 4.69) is 5.73 Å². The first-order valence-corrected chi connectivity index (χ1v) is 7.01. The van der Waals surface area contributed by atoms with E-state index in [1.807, 2.05) is 6.08 Å². The van der Waals surface area contributed by atoms with E-state index in [9.17, 15) is 10.0 Å². The van der Waals surface area contributed by atoms with Gasteiger partial charge in [-0.25, -0.2) is 4.79 Å². The molecule has 1 rings (SSSR count). The second kappa shape index (κ2) is 7.37. The van der Waals surface area contributed by atoms with Gasteiger partial charge in [-0.05, 0) is 64.5 Å². The highest BCUT2D eigenvalue weighted by Crippen LogP contribution is 2.21. The summed E-state index contributed by atoms with van der Waals surface area (Å²) in [6.07, 6.45) is 7.85. The van der Waals surface area contributed by atoms with Gasteiger partial charge in [-0.1, -0.05) is 6.42 Å². The fraction of sp³-hybridized carbons (Fsp3) is 0.733. The standard InChI is InChI=1S/C15H25NO3/c1-15(2,3)19-14(17)16(18)12-8-7-11-13-9-5-4-6-10-13/h7,18H,4-6,8-10,12H2,1-3H3. The molecule has 0 aromatic carbocycles. The molecule has 1 N–H and O–H groups in total. The molecule has 19 heavy (non-hydrogen) atoms. The van der Waals surface area contributed by atoms with Gasteiger partial charge in [0.1, 0.15) is 5.60 Å². The first-order chi connectivity index (χ1) is 8.88. The molecule has 1 aliphatic rings. The van der Waals surface area contributed by atoms with E-state index in [0.29, 0.717) is 11.5 Å². The minimum Gasteiger partial charge on any atom is -0.442 e. The van der Waals surface area contributed by atoms with Crippen LogP contribution >= 0.6 is 0 Å². The van der Waals surface area contributed by atoms with Crippen molar-refractivity contribution in [1.82, 2.24) is 5.06 Å². The maximum Gasteiger partial charge on any atom is 0.434 e. The van der Waals surface area contributed by atoms with Crippen LogP contribution in [0.4, 0.5) is 4.79 Å². The van der Waals surface area contributed by atoms with Crippen molar-refractivity contribution in [1.29, 1.82) is 0 Å². The van der Waals surface area contributed by atoms with Crippen molar-refractivity contribution in [3.05, 3.63) is 17.4 Å². The van der Waals surface area contributed by atoms with Crippen molar-refractivity contribution in [2.45, 2.75) is 64.9 Å². The summed E-state index contributed by atoms with van der Waals surface area (Å²) < 4.78 is 5.04. The number of hydroxylamine groups is 2. The Morgan fingerprint density at radius 2 is 2.00 bits per heavy atom. The lowest BCUT2D eigenvalue weighted by molar-refractivity contribution is -0.0927. The third kappa shape index (κ3) is 7.04. The van der Waals surface area contributed by atoms with Gasteiger partial charge in [0.2, 0.25) is 0 Å². The molecule has 1 amide bonds. The van der Waals surface area contributed by atoms with Gasteiger partial charge in [0, 0.05) is 0 Å². The molecule has 1 aliphatic carbocycles. The van der Waals surface area contributed by atoms with Gasteiger partial charge in [-0.2, -0.15) is 5.06 Å². The summed E-state index contributed by atoms with van der Waals surface area (Å²) in [7, 11) is 0. The van der Waals surface area contributed by atoms with Crippen molar-refractivity contribution in [3.8, 4) is 0 Å². The minimum atomic E-state index is -0.703. The summed E-state index contributed by atoms with van der Waals surface area (Å²) >= 11 is 0. The Morgan fingerprint density at radius 3 is 2.58 bits per heavy atom. The van der Waals surface area contributed by atoms with Gasteiger partial charge < -0.3 is 4.74 Å². The van der Waals surface area contributed by atoms with Gasteiger partial charge >= 0.3 is 6.09 Å². The van der Waals surface area contributed by atoms with Crippen LogP contribution in [-0.2, 0) is 4.74 Å². The van der Waals surface area contributed by atoms with Gasteiger partial charge in [-0.15, -0.1) is 5.73 Å². The van der Waals surface area contributed by atoms with Crippen LogP contribution in [0, 0.1) is 0 Å². The molecular weight excluding hydrogens is 242 g/mol. The number of ether oxygens (including phenoxy) is 1. The highest BCUT2D eigenvalue weighted by Gasteiger charge is 2.20. The second-order valence-corrected chi connectivity index (χ2v) is 5.90. The molecule has 4 nitrogen and oxygen atoms in total. The monoisotopic (exact) mass is 267 g/mol. The summed E-state index contributed by atoms with van der Waals surface area (Å²) in [5.74, 6) is 0. The largest absolute Gasteiger partial charge is 0.442 e. The lowest BCUT2D eigenvalue weighted by Gasteiger charge is -2.22. The van der Waals surface area contributed by atoms with E-state index in [1.54, 1.807) is 20.8 Å². The predicted octanol–water partition coefficient (Wildman–Crippen LogP) is 4.05. The van der Waals surface area contributed by atoms with Gasteiger partial charge in [-0.3, -0.25) is 5.21 Å². The molecule has 0 radical (unpaired) electrons. The molecule has 0 aromatic heterocycles. The van der Waals surface area contributed by atoms with Gasteiger partial charge in [0.15, 0.2) is 0 Å². The molecule has 0 aromatic rings. The number of hydrogen-bond donors (Lipinski definition) is 1. The smallest absolute Gasteiger partial charge is 0.434 e. The highest BCUT2D eigenvalue weighted by molar-refractivity contribution is 5.66. The zero-order valence-electron chi connectivity index (χ0n) is 12.2. The average molecular weight is 267 g/mol. The summed E-state index contributed by atoms with van der Waals surface area (Å²) in [6, 6.07) is 0. The van der Waals surface area contributed by atoms with Crippen molar-refractivity contribution in [2.75, 3.05) is 6.54 Å². The molecule has 0 aliphatic heterocycles.